The molecule has 0 fully saturated rings. The summed E-state index contributed by atoms with van der Waals surface area (Å²) in [5, 5.41) is 3.41. The van der Waals surface area contributed by atoms with Gasteiger partial charge in [0.25, 0.3) is 0 Å². The van der Waals surface area contributed by atoms with Crippen molar-refractivity contribution in [3.05, 3.63) is 34.9 Å². The maximum Gasteiger partial charge on any atom is 0.0689 e. The van der Waals surface area contributed by atoms with Crippen LogP contribution in [0.25, 0.3) is 0 Å². The molecule has 0 saturated carbocycles. The van der Waals surface area contributed by atoms with Gasteiger partial charge in [0, 0.05) is 6.54 Å². The van der Waals surface area contributed by atoms with E-state index >= 15 is 0 Å². The number of hydrogen-bond acceptors (Lipinski definition) is 1. The largest absolute Gasteiger partial charge is 0.300 e. The summed E-state index contributed by atoms with van der Waals surface area (Å²) in [7, 11) is 0. The number of benzene rings is 1. The highest BCUT2D eigenvalue weighted by Crippen LogP contribution is 2.10. The van der Waals surface area contributed by atoms with Gasteiger partial charge < -0.3 is 0 Å². The summed E-state index contributed by atoms with van der Waals surface area (Å²) in [5.41, 5.74) is 3.98. The lowest BCUT2D eigenvalue weighted by Crippen LogP contribution is -2.27. The fourth-order valence-corrected chi connectivity index (χ4v) is 1.81. The van der Waals surface area contributed by atoms with Crippen LogP contribution in [0.3, 0.4) is 0 Å². The molecule has 0 aliphatic carbocycles. The van der Waals surface area contributed by atoms with Gasteiger partial charge in [-0.25, -0.2) is 0 Å². The molecule has 0 bridgehead atoms. The second kappa shape index (κ2) is 6.35. The first-order valence-corrected chi connectivity index (χ1v) is 5.93. The Bertz CT molecular complexity index is 374. The Hall–Kier alpha value is -1.26. The number of aryl methyl sites for hydroxylation is 2. The van der Waals surface area contributed by atoms with Crippen molar-refractivity contribution < 1.29 is 0 Å². The summed E-state index contributed by atoms with van der Waals surface area (Å²) in [4.78, 5) is 0. The van der Waals surface area contributed by atoms with Gasteiger partial charge in [0.1, 0.15) is 0 Å². The average Bonchev–Trinajstić information content (AvgIpc) is 2.26. The minimum Gasteiger partial charge on any atom is -0.300 e. The van der Waals surface area contributed by atoms with E-state index in [0.29, 0.717) is 0 Å². The Morgan fingerprint density at radius 3 is 2.69 bits per heavy atom. The summed E-state index contributed by atoms with van der Waals surface area (Å²) in [6.07, 6.45) is 7.64. The van der Waals surface area contributed by atoms with Crippen LogP contribution in [0, 0.1) is 26.2 Å². The standard InChI is InChI=1S/C15H21N/c1-5-7-15(6-2)16-11-14-9-8-12(3)10-13(14)4/h2,8-10,15-16H,5,7,11H2,1,3-4H3. The fourth-order valence-electron chi connectivity index (χ4n) is 1.81. The van der Waals surface area contributed by atoms with Crippen LogP contribution in [0.2, 0.25) is 0 Å². The van der Waals surface area contributed by atoms with Crippen LogP contribution in [0.15, 0.2) is 18.2 Å². The smallest absolute Gasteiger partial charge is 0.0689 e. The zero-order chi connectivity index (χ0) is 12.0. The third kappa shape index (κ3) is 3.72. The summed E-state index contributed by atoms with van der Waals surface area (Å²) >= 11 is 0. The Labute approximate surface area is 99.3 Å². The van der Waals surface area contributed by atoms with Crippen molar-refractivity contribution in [2.75, 3.05) is 0 Å². The van der Waals surface area contributed by atoms with Gasteiger partial charge in [0.2, 0.25) is 0 Å². The number of terminal acetylenes is 1. The van der Waals surface area contributed by atoms with Crippen LogP contribution in [-0.2, 0) is 6.54 Å². The topological polar surface area (TPSA) is 12.0 Å². The lowest BCUT2D eigenvalue weighted by molar-refractivity contribution is 0.562. The third-order valence-corrected chi connectivity index (χ3v) is 2.82. The Morgan fingerprint density at radius 1 is 1.38 bits per heavy atom. The zero-order valence-electron chi connectivity index (χ0n) is 10.5. The van der Waals surface area contributed by atoms with Gasteiger partial charge in [-0.2, -0.15) is 0 Å². The lowest BCUT2D eigenvalue weighted by Gasteiger charge is -2.13. The fraction of sp³-hybridized carbons (Fsp3) is 0.467. The molecule has 0 heterocycles. The molecule has 0 radical (unpaired) electrons. The normalized spacial score (nSPS) is 12.1. The van der Waals surface area contributed by atoms with E-state index in [1.54, 1.807) is 0 Å². The second-order valence-electron chi connectivity index (χ2n) is 4.32. The van der Waals surface area contributed by atoms with E-state index in [9.17, 15) is 0 Å². The predicted octanol–water partition coefficient (Wildman–Crippen LogP) is 3.19. The molecule has 1 aromatic carbocycles. The van der Waals surface area contributed by atoms with Crippen LogP contribution < -0.4 is 5.32 Å². The van der Waals surface area contributed by atoms with Crippen LogP contribution in [0.1, 0.15) is 36.5 Å². The Balaban J connectivity index is 2.57. The third-order valence-electron chi connectivity index (χ3n) is 2.82. The van der Waals surface area contributed by atoms with E-state index in [-0.39, 0.29) is 6.04 Å². The van der Waals surface area contributed by atoms with E-state index in [2.05, 4.69) is 50.2 Å². The molecular weight excluding hydrogens is 194 g/mol. The molecule has 1 heteroatoms. The van der Waals surface area contributed by atoms with Crippen molar-refractivity contribution in [2.45, 2.75) is 46.2 Å². The maximum absolute atomic E-state index is 5.47. The van der Waals surface area contributed by atoms with Crippen LogP contribution >= 0.6 is 0 Å². The highest BCUT2D eigenvalue weighted by Gasteiger charge is 2.04. The van der Waals surface area contributed by atoms with Crippen molar-refractivity contribution in [1.82, 2.24) is 5.32 Å². The molecule has 0 spiro atoms. The van der Waals surface area contributed by atoms with E-state index in [1.165, 1.54) is 16.7 Å². The first-order valence-electron chi connectivity index (χ1n) is 5.93. The Morgan fingerprint density at radius 2 is 2.12 bits per heavy atom. The van der Waals surface area contributed by atoms with E-state index in [0.717, 1.165) is 19.4 Å². The molecule has 0 saturated heterocycles. The second-order valence-corrected chi connectivity index (χ2v) is 4.32. The monoisotopic (exact) mass is 215 g/mol. The first-order chi connectivity index (χ1) is 7.67. The molecule has 0 aliphatic rings. The molecule has 86 valence electrons. The van der Waals surface area contributed by atoms with E-state index in [4.69, 9.17) is 6.42 Å². The summed E-state index contributed by atoms with van der Waals surface area (Å²) in [5.74, 6) is 2.79. The highest BCUT2D eigenvalue weighted by molar-refractivity contribution is 5.30. The molecule has 1 unspecified atom stereocenters. The van der Waals surface area contributed by atoms with Crippen molar-refractivity contribution in [3.63, 3.8) is 0 Å². The molecule has 0 amide bonds. The quantitative estimate of drug-likeness (QED) is 0.744. The minimum atomic E-state index is 0.200. The SMILES string of the molecule is C#CC(CCC)NCc1ccc(C)cc1C. The molecule has 1 atom stereocenters. The van der Waals surface area contributed by atoms with Gasteiger partial charge in [-0.3, -0.25) is 5.32 Å². The van der Waals surface area contributed by atoms with Gasteiger partial charge in [0.15, 0.2) is 0 Å². The molecule has 0 aliphatic heterocycles. The van der Waals surface area contributed by atoms with Crippen molar-refractivity contribution in [2.24, 2.45) is 0 Å². The average molecular weight is 215 g/mol. The summed E-state index contributed by atoms with van der Waals surface area (Å²) < 4.78 is 0. The predicted molar refractivity (Wildman–Crippen MR) is 70.3 cm³/mol. The van der Waals surface area contributed by atoms with Gasteiger partial charge >= 0.3 is 0 Å². The molecular formula is C15H21N. The van der Waals surface area contributed by atoms with E-state index in [1.807, 2.05) is 0 Å². The number of rotatable bonds is 5. The van der Waals surface area contributed by atoms with Gasteiger partial charge in [-0.15, -0.1) is 6.42 Å². The van der Waals surface area contributed by atoms with Gasteiger partial charge in [0.05, 0.1) is 6.04 Å². The number of nitrogens with one attached hydrogen (secondary N) is 1. The zero-order valence-corrected chi connectivity index (χ0v) is 10.5. The first kappa shape index (κ1) is 12.8. The Kier molecular flexibility index (Phi) is 5.08. The maximum atomic E-state index is 5.47. The van der Waals surface area contributed by atoms with Crippen LogP contribution in [-0.4, -0.2) is 6.04 Å². The van der Waals surface area contributed by atoms with Crippen LogP contribution in [0.4, 0.5) is 0 Å². The minimum absolute atomic E-state index is 0.200. The highest BCUT2D eigenvalue weighted by atomic mass is 14.9. The van der Waals surface area contributed by atoms with Crippen molar-refractivity contribution in [1.29, 1.82) is 0 Å². The molecule has 1 rings (SSSR count). The van der Waals surface area contributed by atoms with Crippen molar-refractivity contribution >= 4 is 0 Å². The summed E-state index contributed by atoms with van der Waals surface area (Å²) in [6, 6.07) is 6.74. The van der Waals surface area contributed by atoms with E-state index < -0.39 is 0 Å². The van der Waals surface area contributed by atoms with Crippen molar-refractivity contribution in [3.8, 4) is 12.3 Å². The molecule has 1 N–H and O–H groups in total. The van der Waals surface area contributed by atoms with Gasteiger partial charge in [-0.1, -0.05) is 43.0 Å². The molecule has 1 aromatic rings. The number of hydrogen-bond donors (Lipinski definition) is 1. The summed E-state index contributed by atoms with van der Waals surface area (Å²) in [6.45, 7) is 7.28. The molecule has 1 nitrogen and oxygen atoms in total. The van der Waals surface area contributed by atoms with Gasteiger partial charge in [-0.05, 0) is 31.4 Å². The molecule has 16 heavy (non-hydrogen) atoms. The molecule has 0 aromatic heterocycles. The van der Waals surface area contributed by atoms with Crippen LogP contribution in [0.5, 0.6) is 0 Å². The lowest BCUT2D eigenvalue weighted by atomic mass is 10.1.